The minimum atomic E-state index is -1.23. The Morgan fingerprint density at radius 3 is 2.49 bits per heavy atom. The molecule has 4 rings (SSSR count). The van der Waals surface area contributed by atoms with E-state index in [9.17, 15) is 18.7 Å². The molecule has 4 aromatic rings. The third-order valence-corrected chi connectivity index (χ3v) is 5.64. The van der Waals surface area contributed by atoms with Crippen LogP contribution in [0.3, 0.4) is 0 Å². The highest BCUT2D eigenvalue weighted by Gasteiger charge is 2.21. The van der Waals surface area contributed by atoms with Gasteiger partial charge in [-0.25, -0.2) is 18.6 Å². The molecule has 0 bridgehead atoms. The molecule has 0 saturated heterocycles. The first kappa shape index (κ1) is 24.0. The number of carboxylic acid groups (broad SMARTS) is 1. The van der Waals surface area contributed by atoms with Crippen LogP contribution >= 0.6 is 0 Å². The molecular weight excluding hydrogens is 450 g/mol. The summed E-state index contributed by atoms with van der Waals surface area (Å²) in [6, 6.07) is 18.4. The first-order valence-electron chi connectivity index (χ1n) is 11.1. The van der Waals surface area contributed by atoms with Crippen LogP contribution in [0.15, 0.2) is 66.7 Å². The molecule has 35 heavy (non-hydrogen) atoms. The molecule has 0 atom stereocenters. The molecule has 178 valence electrons. The van der Waals surface area contributed by atoms with Crippen LogP contribution in [-0.2, 0) is 13.0 Å². The van der Waals surface area contributed by atoms with E-state index in [4.69, 9.17) is 10.5 Å². The van der Waals surface area contributed by atoms with Gasteiger partial charge in [-0.3, -0.25) is 0 Å². The molecule has 0 radical (unpaired) electrons. The second-order valence-electron chi connectivity index (χ2n) is 8.19. The fraction of sp³-hybridized carbons (Fsp3) is 0.143. The van der Waals surface area contributed by atoms with Crippen molar-refractivity contribution in [2.75, 3.05) is 0 Å². The highest BCUT2D eigenvalue weighted by Crippen LogP contribution is 2.33. The number of carbonyl (C=O) groups is 1. The van der Waals surface area contributed by atoms with Crippen molar-refractivity contribution < 1.29 is 23.4 Å². The molecule has 0 aliphatic rings. The van der Waals surface area contributed by atoms with Crippen molar-refractivity contribution in [1.29, 1.82) is 0 Å². The number of aromatic carboxylic acids is 1. The number of hydrogen-bond donors (Lipinski definition) is 2. The quantitative estimate of drug-likeness (QED) is 0.319. The third kappa shape index (κ3) is 5.20. The zero-order valence-electron chi connectivity index (χ0n) is 19.3. The normalized spacial score (nSPS) is 10.9. The maximum atomic E-state index is 14.7. The van der Waals surface area contributed by atoms with E-state index in [1.54, 1.807) is 18.2 Å². The fourth-order valence-electron chi connectivity index (χ4n) is 3.87. The number of aromatic nitrogens is 1. The van der Waals surface area contributed by atoms with Gasteiger partial charge in [0, 0.05) is 18.2 Å². The molecule has 5 nitrogen and oxygen atoms in total. The predicted molar refractivity (Wildman–Crippen MR) is 131 cm³/mol. The van der Waals surface area contributed by atoms with E-state index in [0.29, 0.717) is 24.8 Å². The van der Waals surface area contributed by atoms with E-state index < -0.39 is 23.5 Å². The highest BCUT2D eigenvalue weighted by atomic mass is 19.1. The van der Waals surface area contributed by atoms with Gasteiger partial charge in [-0.2, -0.15) is 0 Å². The molecule has 1 heterocycles. The van der Waals surface area contributed by atoms with Crippen molar-refractivity contribution in [1.82, 2.24) is 4.98 Å². The first-order valence-corrected chi connectivity index (χ1v) is 11.1. The summed E-state index contributed by atoms with van der Waals surface area (Å²) in [5, 5.41) is 9.64. The summed E-state index contributed by atoms with van der Waals surface area (Å²) in [6.45, 7) is 4.15. The third-order valence-electron chi connectivity index (χ3n) is 5.64. The lowest BCUT2D eigenvalue weighted by molar-refractivity contribution is 0.0697. The number of aryl methyl sites for hydroxylation is 2. The number of carboxylic acids is 1. The lowest BCUT2D eigenvalue weighted by atomic mass is 9.99. The Morgan fingerprint density at radius 1 is 0.971 bits per heavy atom. The Balaban J connectivity index is 1.76. The average Bonchev–Trinajstić information content (AvgIpc) is 2.85. The molecule has 0 aliphatic carbocycles. The van der Waals surface area contributed by atoms with E-state index in [0.717, 1.165) is 27.8 Å². The van der Waals surface area contributed by atoms with Gasteiger partial charge in [-0.15, -0.1) is 0 Å². The van der Waals surface area contributed by atoms with Crippen LogP contribution in [0.1, 0.15) is 34.0 Å². The maximum Gasteiger partial charge on any atom is 0.336 e. The zero-order valence-corrected chi connectivity index (χ0v) is 19.3. The number of nitrogens with two attached hydrogens (primary N) is 1. The van der Waals surface area contributed by atoms with Gasteiger partial charge in [0.1, 0.15) is 11.4 Å². The zero-order chi connectivity index (χ0) is 25.1. The van der Waals surface area contributed by atoms with Crippen molar-refractivity contribution in [3.8, 4) is 34.0 Å². The molecule has 7 heteroatoms. The van der Waals surface area contributed by atoms with Gasteiger partial charge in [0.25, 0.3) is 5.88 Å². The first-order chi connectivity index (χ1) is 16.8. The second kappa shape index (κ2) is 10.0. The minimum absolute atomic E-state index is 0.0422. The lowest BCUT2D eigenvalue weighted by Crippen LogP contribution is -2.04. The molecule has 0 saturated carbocycles. The molecule has 3 aromatic carbocycles. The lowest BCUT2D eigenvalue weighted by Gasteiger charge is -2.13. The van der Waals surface area contributed by atoms with Gasteiger partial charge in [0.15, 0.2) is 11.6 Å². The Morgan fingerprint density at radius 2 is 1.77 bits per heavy atom. The maximum absolute atomic E-state index is 14.7. The average molecular weight is 475 g/mol. The van der Waals surface area contributed by atoms with Crippen molar-refractivity contribution >= 4 is 5.97 Å². The Kier molecular flexibility index (Phi) is 6.89. The van der Waals surface area contributed by atoms with Crippen LogP contribution in [-0.4, -0.2) is 16.1 Å². The SMILES string of the molecule is CCc1ccc(-c2nc(Oc3cc(C)cc(-c4cccc(CN)c4)c3)c(F)cc2F)c(C(=O)O)c1. The van der Waals surface area contributed by atoms with Gasteiger partial charge in [-0.05, 0) is 65.4 Å². The summed E-state index contributed by atoms with van der Waals surface area (Å²) in [4.78, 5) is 15.9. The largest absolute Gasteiger partial charge is 0.478 e. The van der Waals surface area contributed by atoms with E-state index in [2.05, 4.69) is 4.98 Å². The van der Waals surface area contributed by atoms with Crippen molar-refractivity contribution in [2.45, 2.75) is 26.8 Å². The van der Waals surface area contributed by atoms with Crippen molar-refractivity contribution in [3.05, 3.63) is 101 Å². The van der Waals surface area contributed by atoms with E-state index in [1.807, 2.05) is 44.2 Å². The van der Waals surface area contributed by atoms with Crippen LogP contribution in [0, 0.1) is 18.6 Å². The number of hydrogen-bond acceptors (Lipinski definition) is 4. The second-order valence-corrected chi connectivity index (χ2v) is 8.19. The molecule has 0 spiro atoms. The number of nitrogens with zero attached hydrogens (tertiary/aromatic N) is 1. The predicted octanol–water partition coefficient (Wildman–Crippen LogP) is 6.51. The summed E-state index contributed by atoms with van der Waals surface area (Å²) >= 11 is 0. The van der Waals surface area contributed by atoms with Crippen LogP contribution < -0.4 is 10.5 Å². The monoisotopic (exact) mass is 474 g/mol. The topological polar surface area (TPSA) is 85.4 Å². The van der Waals surface area contributed by atoms with Crippen LogP contribution in [0.25, 0.3) is 22.4 Å². The number of rotatable bonds is 7. The van der Waals surface area contributed by atoms with Gasteiger partial charge >= 0.3 is 5.97 Å². The molecule has 0 aliphatic heterocycles. The van der Waals surface area contributed by atoms with Crippen molar-refractivity contribution in [3.63, 3.8) is 0 Å². The summed E-state index contributed by atoms with van der Waals surface area (Å²) in [5.74, 6) is -3.36. The summed E-state index contributed by atoms with van der Waals surface area (Å²) < 4.78 is 35.2. The number of ether oxygens (including phenoxy) is 1. The van der Waals surface area contributed by atoms with Crippen LogP contribution in [0.4, 0.5) is 8.78 Å². The molecule has 0 fully saturated rings. The summed E-state index contributed by atoms with van der Waals surface area (Å²) in [7, 11) is 0. The Bertz CT molecular complexity index is 1420. The standard InChI is InChI=1S/C28H24F2N2O3/c1-3-17-7-8-22(23(12-17)28(33)34)26-24(29)14-25(30)27(32-26)35-21-10-16(2)9-20(13-21)19-6-4-5-18(11-19)15-31/h4-14H,3,15,31H2,1-2H3,(H,33,34). The van der Waals surface area contributed by atoms with Gasteiger partial charge in [0.2, 0.25) is 0 Å². The number of benzene rings is 3. The van der Waals surface area contributed by atoms with Gasteiger partial charge in [0.05, 0.1) is 5.56 Å². The van der Waals surface area contributed by atoms with Gasteiger partial charge in [-0.1, -0.05) is 43.3 Å². The number of pyridine rings is 1. The molecule has 0 amide bonds. The molecule has 3 N–H and O–H groups in total. The highest BCUT2D eigenvalue weighted by molar-refractivity contribution is 5.95. The van der Waals surface area contributed by atoms with Crippen molar-refractivity contribution in [2.24, 2.45) is 5.73 Å². The minimum Gasteiger partial charge on any atom is -0.478 e. The van der Waals surface area contributed by atoms with E-state index in [-0.39, 0.29) is 16.8 Å². The molecular formula is C28H24F2N2O3. The smallest absolute Gasteiger partial charge is 0.336 e. The molecule has 0 unspecified atom stereocenters. The van der Waals surface area contributed by atoms with Crippen LogP contribution in [0.2, 0.25) is 0 Å². The summed E-state index contributed by atoms with van der Waals surface area (Å²) in [5.41, 5.74) is 9.72. The Hall–Kier alpha value is -4.10. The Labute approximate surface area is 201 Å². The van der Waals surface area contributed by atoms with E-state index >= 15 is 0 Å². The molecule has 1 aromatic heterocycles. The fourth-order valence-corrected chi connectivity index (χ4v) is 3.87. The van der Waals surface area contributed by atoms with Crippen LogP contribution in [0.5, 0.6) is 11.6 Å². The number of halogens is 2. The van der Waals surface area contributed by atoms with E-state index in [1.165, 1.54) is 12.1 Å². The summed E-state index contributed by atoms with van der Waals surface area (Å²) in [6.07, 6.45) is 0.609. The van der Waals surface area contributed by atoms with Gasteiger partial charge < -0.3 is 15.6 Å².